The molecule has 0 saturated carbocycles. The van der Waals surface area contributed by atoms with E-state index in [1.807, 2.05) is 0 Å². The topological polar surface area (TPSA) is 62.3 Å². The number of carbonyl (C=O) groups is 2. The molecule has 1 aliphatic rings. The van der Waals surface area contributed by atoms with Gasteiger partial charge in [0.25, 0.3) is 5.91 Å². The third-order valence-corrected chi connectivity index (χ3v) is 4.58. The molecule has 5 nitrogen and oxygen atoms in total. The maximum atomic E-state index is 13.8. The molecule has 2 amide bonds. The summed E-state index contributed by atoms with van der Waals surface area (Å²) in [4.78, 5) is 29.8. The summed E-state index contributed by atoms with van der Waals surface area (Å²) in [6.45, 7) is 2.70. The lowest BCUT2D eigenvalue weighted by Crippen LogP contribution is -2.46. The van der Waals surface area contributed by atoms with Crippen LogP contribution in [0.4, 0.5) is 4.39 Å². The van der Waals surface area contributed by atoms with Crippen molar-refractivity contribution in [3.8, 4) is 0 Å². The Morgan fingerprint density at radius 3 is 2.65 bits per heavy atom. The van der Waals surface area contributed by atoms with Gasteiger partial charge in [-0.3, -0.25) is 14.6 Å². The number of nitrogens with zero attached hydrogens (tertiary/aromatic N) is 2. The number of aromatic nitrogens is 1. The summed E-state index contributed by atoms with van der Waals surface area (Å²) < 4.78 is 13.8. The van der Waals surface area contributed by atoms with Gasteiger partial charge in [0.2, 0.25) is 5.91 Å². The van der Waals surface area contributed by atoms with Crippen molar-refractivity contribution in [2.75, 3.05) is 13.1 Å². The molecule has 0 aliphatic carbocycles. The minimum Gasteiger partial charge on any atom is -0.353 e. The number of carbonyl (C=O) groups excluding carboxylic acids is 2. The molecule has 2 aromatic rings. The van der Waals surface area contributed by atoms with Gasteiger partial charge in [0, 0.05) is 44.9 Å². The summed E-state index contributed by atoms with van der Waals surface area (Å²) >= 11 is 0. The van der Waals surface area contributed by atoms with Gasteiger partial charge in [-0.1, -0.05) is 18.2 Å². The Balaban J connectivity index is 1.65. The van der Waals surface area contributed by atoms with E-state index >= 15 is 0 Å². The van der Waals surface area contributed by atoms with E-state index in [0.29, 0.717) is 30.6 Å². The molecule has 0 unspecified atom stereocenters. The van der Waals surface area contributed by atoms with Gasteiger partial charge in [0.1, 0.15) is 5.82 Å². The van der Waals surface area contributed by atoms with Gasteiger partial charge >= 0.3 is 0 Å². The molecule has 0 atom stereocenters. The molecule has 1 fully saturated rings. The minimum atomic E-state index is -0.260. The van der Waals surface area contributed by atoms with Crippen molar-refractivity contribution in [2.24, 2.45) is 0 Å². The van der Waals surface area contributed by atoms with Crippen LogP contribution in [0.15, 0.2) is 42.7 Å². The highest BCUT2D eigenvalue weighted by Crippen LogP contribution is 2.17. The van der Waals surface area contributed by atoms with Crippen LogP contribution in [0.2, 0.25) is 0 Å². The van der Waals surface area contributed by atoms with Crippen LogP contribution in [-0.4, -0.2) is 40.8 Å². The second-order valence-corrected chi connectivity index (χ2v) is 6.62. The monoisotopic (exact) mass is 355 g/mol. The minimum absolute atomic E-state index is 0.0418. The van der Waals surface area contributed by atoms with Crippen LogP contribution < -0.4 is 5.32 Å². The largest absolute Gasteiger partial charge is 0.353 e. The van der Waals surface area contributed by atoms with Crippen LogP contribution in [0.25, 0.3) is 0 Å². The highest BCUT2D eigenvalue weighted by molar-refractivity contribution is 5.94. The van der Waals surface area contributed by atoms with Crippen molar-refractivity contribution in [3.05, 3.63) is 65.2 Å². The average molecular weight is 355 g/mol. The van der Waals surface area contributed by atoms with E-state index in [0.717, 1.165) is 18.4 Å². The van der Waals surface area contributed by atoms with Gasteiger partial charge in [-0.2, -0.15) is 0 Å². The molecule has 1 saturated heterocycles. The highest BCUT2D eigenvalue weighted by atomic mass is 19.1. The van der Waals surface area contributed by atoms with Gasteiger partial charge in [-0.25, -0.2) is 4.39 Å². The van der Waals surface area contributed by atoms with E-state index in [-0.39, 0.29) is 23.7 Å². The van der Waals surface area contributed by atoms with Crippen LogP contribution in [0.3, 0.4) is 0 Å². The number of rotatable bonds is 4. The Hall–Kier alpha value is -2.76. The summed E-state index contributed by atoms with van der Waals surface area (Å²) in [7, 11) is 0. The molecule has 1 aliphatic heterocycles. The van der Waals surface area contributed by atoms with Crippen LogP contribution in [-0.2, 0) is 11.2 Å². The second kappa shape index (κ2) is 8.08. The number of benzene rings is 1. The number of pyridine rings is 1. The Bertz CT molecular complexity index is 801. The zero-order chi connectivity index (χ0) is 18.5. The Morgan fingerprint density at radius 1 is 1.23 bits per heavy atom. The van der Waals surface area contributed by atoms with E-state index in [1.54, 1.807) is 41.6 Å². The lowest BCUT2D eigenvalue weighted by molar-refractivity contribution is -0.119. The molecule has 1 N–H and O–H groups in total. The summed E-state index contributed by atoms with van der Waals surface area (Å²) in [5, 5.41) is 2.90. The number of hydrogen-bond acceptors (Lipinski definition) is 3. The molecule has 0 bridgehead atoms. The number of piperidine rings is 1. The fraction of sp³-hybridized carbons (Fsp3) is 0.350. The van der Waals surface area contributed by atoms with E-state index in [4.69, 9.17) is 0 Å². The Morgan fingerprint density at radius 2 is 1.96 bits per heavy atom. The molecule has 2 heterocycles. The smallest absolute Gasteiger partial charge is 0.255 e. The van der Waals surface area contributed by atoms with Gasteiger partial charge in [0.15, 0.2) is 0 Å². The van der Waals surface area contributed by atoms with Gasteiger partial charge in [-0.15, -0.1) is 0 Å². The van der Waals surface area contributed by atoms with Crippen molar-refractivity contribution in [1.29, 1.82) is 0 Å². The van der Waals surface area contributed by atoms with Gasteiger partial charge in [0.05, 0.1) is 5.56 Å². The van der Waals surface area contributed by atoms with Crippen molar-refractivity contribution in [3.63, 3.8) is 0 Å². The first kappa shape index (κ1) is 18.0. The van der Waals surface area contributed by atoms with Crippen molar-refractivity contribution in [2.45, 2.75) is 32.2 Å². The first-order chi connectivity index (χ1) is 12.5. The van der Waals surface area contributed by atoms with Crippen molar-refractivity contribution in [1.82, 2.24) is 15.2 Å². The molecule has 3 rings (SSSR count). The molecule has 1 aromatic carbocycles. The summed E-state index contributed by atoms with van der Waals surface area (Å²) in [6.07, 6.45) is 5.09. The fourth-order valence-electron chi connectivity index (χ4n) is 3.26. The summed E-state index contributed by atoms with van der Waals surface area (Å²) in [6, 6.07) is 8.51. The van der Waals surface area contributed by atoms with Crippen LogP contribution in [0.1, 0.15) is 41.3 Å². The average Bonchev–Trinajstić information content (AvgIpc) is 2.63. The molecule has 0 spiro atoms. The predicted molar refractivity (Wildman–Crippen MR) is 96.2 cm³/mol. The lowest BCUT2D eigenvalue weighted by atomic mass is 10.0. The fourth-order valence-corrected chi connectivity index (χ4v) is 3.26. The Labute approximate surface area is 152 Å². The quantitative estimate of drug-likeness (QED) is 0.917. The molecule has 136 valence electrons. The summed E-state index contributed by atoms with van der Waals surface area (Å²) in [5.74, 6) is -0.377. The van der Waals surface area contributed by atoms with Crippen molar-refractivity contribution < 1.29 is 14.0 Å². The standard InChI is InChI=1S/C20H22FN3O2/c1-14(25)23-18-6-8-24(9-7-18)20(26)17-11-15(12-22-13-17)10-16-4-2-3-5-19(16)21/h2-5,11-13,18H,6-10H2,1H3,(H,23,25). The van der Waals surface area contributed by atoms with Gasteiger partial charge < -0.3 is 10.2 Å². The number of halogens is 1. The van der Waals surface area contributed by atoms with E-state index in [2.05, 4.69) is 10.3 Å². The number of amides is 2. The molecular weight excluding hydrogens is 333 g/mol. The van der Waals surface area contributed by atoms with Crippen molar-refractivity contribution >= 4 is 11.8 Å². The maximum Gasteiger partial charge on any atom is 0.255 e. The lowest BCUT2D eigenvalue weighted by Gasteiger charge is -2.32. The highest BCUT2D eigenvalue weighted by Gasteiger charge is 2.24. The Kier molecular flexibility index (Phi) is 5.61. The first-order valence-electron chi connectivity index (χ1n) is 8.76. The molecule has 26 heavy (non-hydrogen) atoms. The zero-order valence-corrected chi connectivity index (χ0v) is 14.7. The second-order valence-electron chi connectivity index (χ2n) is 6.62. The predicted octanol–water partition coefficient (Wildman–Crippen LogP) is 2.55. The number of hydrogen-bond donors (Lipinski definition) is 1. The molecular formula is C20H22FN3O2. The maximum absolute atomic E-state index is 13.8. The zero-order valence-electron chi connectivity index (χ0n) is 14.7. The SMILES string of the molecule is CC(=O)NC1CCN(C(=O)c2cncc(Cc3ccccc3F)c2)CC1. The van der Waals surface area contributed by atoms with E-state index in [1.165, 1.54) is 13.0 Å². The van der Waals surface area contributed by atoms with Crippen LogP contribution >= 0.6 is 0 Å². The molecule has 1 aromatic heterocycles. The summed E-state index contributed by atoms with van der Waals surface area (Å²) in [5.41, 5.74) is 1.89. The van der Waals surface area contributed by atoms with E-state index in [9.17, 15) is 14.0 Å². The van der Waals surface area contributed by atoms with Gasteiger partial charge in [-0.05, 0) is 36.1 Å². The molecule has 6 heteroatoms. The van der Waals surface area contributed by atoms with E-state index < -0.39 is 0 Å². The van der Waals surface area contributed by atoms with Crippen LogP contribution in [0.5, 0.6) is 0 Å². The van der Waals surface area contributed by atoms with Crippen LogP contribution in [0, 0.1) is 5.82 Å². The first-order valence-corrected chi connectivity index (χ1v) is 8.76. The number of nitrogens with one attached hydrogen (secondary N) is 1. The molecule has 0 radical (unpaired) electrons. The number of likely N-dealkylation sites (tertiary alicyclic amines) is 1. The third-order valence-electron chi connectivity index (χ3n) is 4.58. The normalized spacial score (nSPS) is 14.9. The third kappa shape index (κ3) is 4.45.